The summed E-state index contributed by atoms with van der Waals surface area (Å²) in [5.74, 6) is -0.440. The van der Waals surface area contributed by atoms with Gasteiger partial charge in [0.05, 0.1) is 6.54 Å². The molecule has 0 radical (unpaired) electrons. The molecule has 0 spiro atoms. The van der Waals surface area contributed by atoms with Crippen LogP contribution in [0.1, 0.15) is 12.5 Å². The van der Waals surface area contributed by atoms with Gasteiger partial charge in [0.15, 0.2) is 0 Å². The second kappa shape index (κ2) is 5.14. The first-order chi connectivity index (χ1) is 7.08. The number of hydrogen-bond donors (Lipinski definition) is 2. The van der Waals surface area contributed by atoms with E-state index in [9.17, 15) is 9.59 Å². The van der Waals surface area contributed by atoms with Crippen molar-refractivity contribution in [2.24, 2.45) is 0 Å². The molecule has 0 saturated carbocycles. The quantitative estimate of drug-likeness (QED) is 0.777. The number of carbonyl (C=O) groups excluding carboxylic acids is 2. The first-order valence-corrected chi connectivity index (χ1v) is 4.69. The highest BCUT2D eigenvalue weighted by Gasteiger charge is 2.02. The molecule has 4 nitrogen and oxygen atoms in total. The molecule has 1 rings (SSSR count). The summed E-state index contributed by atoms with van der Waals surface area (Å²) in [6.07, 6.45) is 0. The van der Waals surface area contributed by atoms with E-state index < -0.39 is 0 Å². The molecule has 0 bridgehead atoms. The summed E-state index contributed by atoms with van der Waals surface area (Å²) in [5.41, 5.74) is 1.82. The maximum atomic E-state index is 11.3. The monoisotopic (exact) mass is 206 g/mol. The fraction of sp³-hybridized carbons (Fsp3) is 0.273. The van der Waals surface area contributed by atoms with Gasteiger partial charge in [0.25, 0.3) is 0 Å². The van der Waals surface area contributed by atoms with E-state index in [4.69, 9.17) is 0 Å². The van der Waals surface area contributed by atoms with E-state index in [1.54, 1.807) is 6.07 Å². The van der Waals surface area contributed by atoms with Crippen molar-refractivity contribution >= 4 is 17.5 Å². The van der Waals surface area contributed by atoms with E-state index in [0.29, 0.717) is 0 Å². The fourth-order valence-electron chi connectivity index (χ4n) is 1.13. The highest BCUT2D eigenvalue weighted by Crippen LogP contribution is 2.08. The number of benzene rings is 1. The molecule has 1 aromatic carbocycles. The summed E-state index contributed by atoms with van der Waals surface area (Å²) in [4.78, 5) is 21.9. The van der Waals surface area contributed by atoms with Gasteiger partial charge in [-0.25, -0.2) is 0 Å². The van der Waals surface area contributed by atoms with Crippen LogP contribution in [-0.2, 0) is 9.59 Å². The highest BCUT2D eigenvalue weighted by molar-refractivity contribution is 5.94. The second-order valence-corrected chi connectivity index (χ2v) is 3.33. The first kappa shape index (κ1) is 11.2. The Balaban J connectivity index is 2.48. The second-order valence-electron chi connectivity index (χ2n) is 3.33. The number of rotatable bonds is 3. The zero-order valence-corrected chi connectivity index (χ0v) is 8.83. The Labute approximate surface area is 88.7 Å². The van der Waals surface area contributed by atoms with Gasteiger partial charge in [-0.1, -0.05) is 12.1 Å². The van der Waals surface area contributed by atoms with Gasteiger partial charge in [0, 0.05) is 12.6 Å². The van der Waals surface area contributed by atoms with Crippen molar-refractivity contribution in [2.75, 3.05) is 11.9 Å². The van der Waals surface area contributed by atoms with Crippen molar-refractivity contribution in [3.05, 3.63) is 29.8 Å². The number of aryl methyl sites for hydroxylation is 1. The van der Waals surface area contributed by atoms with Gasteiger partial charge in [-0.2, -0.15) is 0 Å². The number of hydrogen-bond acceptors (Lipinski definition) is 2. The van der Waals surface area contributed by atoms with Crippen LogP contribution in [0, 0.1) is 6.92 Å². The van der Waals surface area contributed by atoms with E-state index in [1.807, 2.05) is 25.1 Å². The molecule has 0 fully saturated rings. The molecule has 15 heavy (non-hydrogen) atoms. The summed E-state index contributed by atoms with van der Waals surface area (Å²) in [7, 11) is 0. The molecule has 0 aliphatic carbocycles. The number of anilines is 1. The first-order valence-electron chi connectivity index (χ1n) is 4.69. The molecule has 0 heterocycles. The lowest BCUT2D eigenvalue weighted by atomic mass is 10.2. The van der Waals surface area contributed by atoms with Crippen molar-refractivity contribution in [2.45, 2.75) is 13.8 Å². The lowest BCUT2D eigenvalue weighted by Gasteiger charge is -2.05. The minimum Gasteiger partial charge on any atom is -0.347 e. The lowest BCUT2D eigenvalue weighted by molar-refractivity contribution is -0.122. The summed E-state index contributed by atoms with van der Waals surface area (Å²) >= 11 is 0. The molecule has 2 N–H and O–H groups in total. The van der Waals surface area contributed by atoms with Crippen molar-refractivity contribution in [1.82, 2.24) is 5.32 Å². The molecule has 0 aliphatic heterocycles. The van der Waals surface area contributed by atoms with Crippen LogP contribution in [0.15, 0.2) is 24.3 Å². The molecule has 4 heteroatoms. The largest absolute Gasteiger partial charge is 0.347 e. The van der Waals surface area contributed by atoms with E-state index in [0.717, 1.165) is 11.3 Å². The molecule has 0 saturated heterocycles. The van der Waals surface area contributed by atoms with Crippen molar-refractivity contribution in [3.63, 3.8) is 0 Å². The Morgan fingerprint density at radius 3 is 2.67 bits per heavy atom. The maximum absolute atomic E-state index is 11.3. The molecule has 0 aliphatic rings. The van der Waals surface area contributed by atoms with Crippen LogP contribution >= 0.6 is 0 Å². The predicted octanol–water partition coefficient (Wildman–Crippen LogP) is 1.07. The number of carbonyl (C=O) groups is 2. The average Bonchev–Trinajstić information content (AvgIpc) is 2.15. The van der Waals surface area contributed by atoms with Gasteiger partial charge < -0.3 is 10.6 Å². The topological polar surface area (TPSA) is 58.2 Å². The van der Waals surface area contributed by atoms with Crippen LogP contribution in [0.25, 0.3) is 0 Å². The van der Waals surface area contributed by atoms with Gasteiger partial charge in [0.2, 0.25) is 11.8 Å². The van der Waals surface area contributed by atoms with Crippen LogP contribution in [0.3, 0.4) is 0 Å². The molecule has 0 atom stereocenters. The third-order valence-electron chi connectivity index (χ3n) is 1.80. The molecular formula is C11H14N2O2. The molecule has 80 valence electrons. The van der Waals surface area contributed by atoms with Gasteiger partial charge in [-0.3, -0.25) is 9.59 Å². The van der Waals surface area contributed by atoms with E-state index in [1.165, 1.54) is 6.92 Å². The Hall–Kier alpha value is -1.84. The van der Waals surface area contributed by atoms with Gasteiger partial charge in [-0.15, -0.1) is 0 Å². The van der Waals surface area contributed by atoms with Crippen molar-refractivity contribution < 1.29 is 9.59 Å². The predicted molar refractivity (Wildman–Crippen MR) is 58.5 cm³/mol. The summed E-state index contributed by atoms with van der Waals surface area (Å²) in [5, 5.41) is 5.11. The lowest BCUT2D eigenvalue weighted by Crippen LogP contribution is -2.31. The molecule has 0 aromatic heterocycles. The zero-order chi connectivity index (χ0) is 11.3. The zero-order valence-electron chi connectivity index (χ0n) is 8.83. The Bertz CT molecular complexity index is 375. The Kier molecular flexibility index (Phi) is 3.85. The SMILES string of the molecule is CC(=O)NCC(=O)Nc1cccc(C)c1. The minimum absolute atomic E-state index is 0.00325. The Morgan fingerprint density at radius 1 is 1.33 bits per heavy atom. The fourth-order valence-corrected chi connectivity index (χ4v) is 1.13. The third-order valence-corrected chi connectivity index (χ3v) is 1.80. The smallest absolute Gasteiger partial charge is 0.243 e. The summed E-state index contributed by atoms with van der Waals surface area (Å²) < 4.78 is 0. The third kappa shape index (κ3) is 4.26. The molecule has 2 amide bonds. The van der Waals surface area contributed by atoms with Crippen LogP contribution < -0.4 is 10.6 Å². The number of amides is 2. The molecule has 0 unspecified atom stereocenters. The summed E-state index contributed by atoms with van der Waals surface area (Å²) in [6, 6.07) is 7.48. The van der Waals surface area contributed by atoms with E-state index >= 15 is 0 Å². The average molecular weight is 206 g/mol. The van der Waals surface area contributed by atoms with Crippen LogP contribution in [0.2, 0.25) is 0 Å². The van der Waals surface area contributed by atoms with Crippen LogP contribution in [0.5, 0.6) is 0 Å². The minimum atomic E-state index is -0.226. The standard InChI is InChI=1S/C11H14N2O2/c1-8-4-3-5-10(6-8)13-11(15)7-12-9(2)14/h3-6H,7H2,1-2H3,(H,12,14)(H,13,15). The van der Waals surface area contributed by atoms with Gasteiger partial charge in [-0.05, 0) is 24.6 Å². The van der Waals surface area contributed by atoms with Crippen LogP contribution in [0.4, 0.5) is 5.69 Å². The van der Waals surface area contributed by atoms with Gasteiger partial charge >= 0.3 is 0 Å². The maximum Gasteiger partial charge on any atom is 0.243 e. The van der Waals surface area contributed by atoms with Crippen molar-refractivity contribution in [3.8, 4) is 0 Å². The van der Waals surface area contributed by atoms with E-state index in [-0.39, 0.29) is 18.4 Å². The Morgan fingerprint density at radius 2 is 2.07 bits per heavy atom. The number of nitrogens with one attached hydrogen (secondary N) is 2. The van der Waals surface area contributed by atoms with Gasteiger partial charge in [0.1, 0.15) is 0 Å². The van der Waals surface area contributed by atoms with Crippen molar-refractivity contribution in [1.29, 1.82) is 0 Å². The molecular weight excluding hydrogens is 192 g/mol. The molecule has 1 aromatic rings. The normalized spacial score (nSPS) is 9.47. The highest BCUT2D eigenvalue weighted by atomic mass is 16.2. The summed E-state index contributed by atoms with van der Waals surface area (Å²) in [6.45, 7) is 3.33. The van der Waals surface area contributed by atoms with E-state index in [2.05, 4.69) is 10.6 Å². The van der Waals surface area contributed by atoms with Crippen LogP contribution in [-0.4, -0.2) is 18.4 Å².